The number of thiazole rings is 1. The van der Waals surface area contributed by atoms with Gasteiger partial charge in [-0.1, -0.05) is 29.3 Å². The van der Waals surface area contributed by atoms with E-state index in [0.29, 0.717) is 16.4 Å². The number of aromatic hydroxyl groups is 1. The standard InChI is InChI=1S/C10H4Cl2F3NOS/c11-4-1-2-5(6(12)3-4)7-8(17)16-9(18-7)10(13,14)15/h1-3,17H. The molecule has 0 aliphatic heterocycles. The third-order valence-corrected chi connectivity index (χ3v) is 3.70. The Kier molecular flexibility index (Phi) is 3.44. The quantitative estimate of drug-likeness (QED) is 0.817. The molecule has 2 rings (SSSR count). The lowest BCUT2D eigenvalue weighted by Crippen LogP contribution is -2.03. The Balaban J connectivity index is 2.55. The molecular formula is C10H4Cl2F3NOS. The van der Waals surface area contributed by atoms with Gasteiger partial charge in [0.05, 0.1) is 9.90 Å². The van der Waals surface area contributed by atoms with Crippen LogP contribution in [0.1, 0.15) is 5.01 Å². The molecule has 0 spiro atoms. The second-order valence-electron chi connectivity index (χ2n) is 3.29. The van der Waals surface area contributed by atoms with Gasteiger partial charge in [-0.3, -0.25) is 0 Å². The molecule has 1 heterocycles. The van der Waals surface area contributed by atoms with Crippen molar-refractivity contribution in [2.75, 3.05) is 0 Å². The van der Waals surface area contributed by atoms with Crippen LogP contribution in [0.2, 0.25) is 10.0 Å². The summed E-state index contributed by atoms with van der Waals surface area (Å²) in [5.74, 6) is -0.698. The van der Waals surface area contributed by atoms with E-state index in [9.17, 15) is 18.3 Å². The Hall–Kier alpha value is -0.980. The molecule has 1 aromatic carbocycles. The summed E-state index contributed by atoms with van der Waals surface area (Å²) < 4.78 is 37.3. The summed E-state index contributed by atoms with van der Waals surface area (Å²) in [6, 6.07) is 4.28. The molecule has 8 heteroatoms. The summed E-state index contributed by atoms with van der Waals surface area (Å²) in [7, 11) is 0. The Morgan fingerprint density at radius 2 is 1.89 bits per heavy atom. The van der Waals surface area contributed by atoms with Gasteiger partial charge in [-0.05, 0) is 12.1 Å². The van der Waals surface area contributed by atoms with Crippen molar-refractivity contribution in [2.45, 2.75) is 6.18 Å². The number of alkyl halides is 3. The zero-order valence-corrected chi connectivity index (χ0v) is 10.8. The first-order valence-corrected chi connectivity index (χ1v) is 6.08. The smallest absolute Gasteiger partial charge is 0.443 e. The third-order valence-electron chi connectivity index (χ3n) is 2.03. The van der Waals surface area contributed by atoms with Gasteiger partial charge in [0.1, 0.15) is 0 Å². The molecule has 0 saturated carbocycles. The minimum atomic E-state index is -4.60. The highest BCUT2D eigenvalue weighted by molar-refractivity contribution is 7.15. The summed E-state index contributed by atoms with van der Waals surface area (Å²) >= 11 is 11.9. The number of halogens is 5. The lowest BCUT2D eigenvalue weighted by atomic mass is 10.2. The van der Waals surface area contributed by atoms with Gasteiger partial charge in [0.25, 0.3) is 0 Å². The van der Waals surface area contributed by atoms with Gasteiger partial charge in [0, 0.05) is 10.6 Å². The highest BCUT2D eigenvalue weighted by Crippen LogP contribution is 2.44. The van der Waals surface area contributed by atoms with Gasteiger partial charge in [-0.25, -0.2) is 0 Å². The summed E-state index contributed by atoms with van der Waals surface area (Å²) in [4.78, 5) is 3.04. The van der Waals surface area contributed by atoms with E-state index >= 15 is 0 Å². The second-order valence-corrected chi connectivity index (χ2v) is 5.14. The number of hydrogen-bond donors (Lipinski definition) is 1. The van der Waals surface area contributed by atoms with Crippen molar-refractivity contribution in [1.29, 1.82) is 0 Å². The van der Waals surface area contributed by atoms with Crippen LogP contribution in [0, 0.1) is 0 Å². The van der Waals surface area contributed by atoms with Crippen LogP contribution in [-0.2, 0) is 6.18 Å². The summed E-state index contributed by atoms with van der Waals surface area (Å²) in [6.07, 6.45) is -4.60. The van der Waals surface area contributed by atoms with E-state index in [4.69, 9.17) is 23.2 Å². The van der Waals surface area contributed by atoms with Gasteiger partial charge >= 0.3 is 6.18 Å². The van der Waals surface area contributed by atoms with Crippen LogP contribution in [-0.4, -0.2) is 10.1 Å². The van der Waals surface area contributed by atoms with Crippen LogP contribution in [0.25, 0.3) is 10.4 Å². The molecule has 0 unspecified atom stereocenters. The zero-order chi connectivity index (χ0) is 13.5. The van der Waals surface area contributed by atoms with E-state index in [1.54, 1.807) is 0 Å². The first-order chi connectivity index (χ1) is 8.29. The highest BCUT2D eigenvalue weighted by Gasteiger charge is 2.36. The van der Waals surface area contributed by atoms with Crippen molar-refractivity contribution in [3.8, 4) is 16.3 Å². The minimum Gasteiger partial charge on any atom is -0.492 e. The van der Waals surface area contributed by atoms with Gasteiger partial charge in [-0.2, -0.15) is 18.2 Å². The lowest BCUT2D eigenvalue weighted by molar-refractivity contribution is -0.137. The largest absolute Gasteiger partial charge is 0.492 e. The molecule has 96 valence electrons. The molecule has 18 heavy (non-hydrogen) atoms. The van der Waals surface area contributed by atoms with Crippen molar-refractivity contribution in [2.24, 2.45) is 0 Å². The molecule has 0 aliphatic rings. The van der Waals surface area contributed by atoms with E-state index in [-0.39, 0.29) is 15.5 Å². The van der Waals surface area contributed by atoms with Crippen LogP contribution in [0.4, 0.5) is 13.2 Å². The van der Waals surface area contributed by atoms with E-state index in [1.165, 1.54) is 18.2 Å². The molecule has 0 fully saturated rings. The molecule has 0 bridgehead atoms. The minimum absolute atomic E-state index is 0.0380. The van der Waals surface area contributed by atoms with Crippen LogP contribution in [0.15, 0.2) is 18.2 Å². The van der Waals surface area contributed by atoms with Crippen molar-refractivity contribution in [3.05, 3.63) is 33.3 Å². The van der Waals surface area contributed by atoms with Crippen LogP contribution >= 0.6 is 34.5 Å². The maximum absolute atomic E-state index is 12.4. The van der Waals surface area contributed by atoms with Gasteiger partial charge in [0.15, 0.2) is 0 Å². The number of hydrogen-bond acceptors (Lipinski definition) is 3. The number of rotatable bonds is 1. The third kappa shape index (κ3) is 2.55. The van der Waals surface area contributed by atoms with Crippen molar-refractivity contribution in [1.82, 2.24) is 4.98 Å². The molecule has 1 aromatic heterocycles. The fraction of sp³-hybridized carbons (Fsp3) is 0.100. The Morgan fingerprint density at radius 1 is 1.22 bits per heavy atom. The van der Waals surface area contributed by atoms with Crippen LogP contribution in [0.5, 0.6) is 5.88 Å². The maximum Gasteiger partial charge on any atom is 0.443 e. The molecule has 0 aliphatic carbocycles. The second kappa shape index (κ2) is 4.60. The fourth-order valence-electron chi connectivity index (χ4n) is 1.28. The van der Waals surface area contributed by atoms with Gasteiger partial charge in [0.2, 0.25) is 10.9 Å². The normalized spacial score (nSPS) is 11.8. The molecule has 0 saturated heterocycles. The Bertz CT molecular complexity index is 597. The van der Waals surface area contributed by atoms with Crippen molar-refractivity contribution in [3.63, 3.8) is 0 Å². The molecule has 2 aromatic rings. The van der Waals surface area contributed by atoms with E-state index < -0.39 is 17.1 Å². The molecule has 0 radical (unpaired) electrons. The van der Waals surface area contributed by atoms with E-state index in [0.717, 1.165) is 0 Å². The van der Waals surface area contributed by atoms with Gasteiger partial charge < -0.3 is 5.11 Å². The SMILES string of the molecule is Oc1nc(C(F)(F)F)sc1-c1ccc(Cl)cc1Cl. The molecule has 2 nitrogen and oxygen atoms in total. The Labute approximate surface area is 114 Å². The van der Waals surface area contributed by atoms with Crippen molar-refractivity contribution < 1.29 is 18.3 Å². The molecule has 0 atom stereocenters. The molecular weight excluding hydrogens is 310 g/mol. The van der Waals surface area contributed by atoms with E-state index in [1.807, 2.05) is 0 Å². The first-order valence-electron chi connectivity index (χ1n) is 4.51. The average Bonchev–Trinajstić information content (AvgIpc) is 2.60. The van der Waals surface area contributed by atoms with E-state index in [2.05, 4.69) is 4.98 Å². The average molecular weight is 314 g/mol. The monoisotopic (exact) mass is 313 g/mol. The summed E-state index contributed by atoms with van der Waals surface area (Å²) in [5.41, 5.74) is 0.256. The van der Waals surface area contributed by atoms with Gasteiger partial charge in [-0.15, -0.1) is 11.3 Å². The van der Waals surface area contributed by atoms with Crippen LogP contribution < -0.4 is 0 Å². The zero-order valence-electron chi connectivity index (χ0n) is 8.42. The number of nitrogens with zero attached hydrogens (tertiary/aromatic N) is 1. The molecule has 1 N–H and O–H groups in total. The maximum atomic E-state index is 12.4. The topological polar surface area (TPSA) is 33.1 Å². The summed E-state index contributed by atoms with van der Waals surface area (Å²) in [5, 5.41) is 8.82. The summed E-state index contributed by atoms with van der Waals surface area (Å²) in [6.45, 7) is 0. The highest BCUT2D eigenvalue weighted by atomic mass is 35.5. The molecule has 0 amide bonds. The predicted molar refractivity (Wildman–Crippen MR) is 64.2 cm³/mol. The lowest BCUT2D eigenvalue weighted by Gasteiger charge is -2.02. The number of aromatic nitrogens is 1. The number of benzene rings is 1. The fourth-order valence-corrected chi connectivity index (χ4v) is 2.71. The predicted octanol–water partition coefficient (Wildman–Crippen LogP) is 4.84. The van der Waals surface area contributed by atoms with Crippen LogP contribution in [0.3, 0.4) is 0 Å². The first kappa shape index (κ1) is 13.5. The van der Waals surface area contributed by atoms with Crippen molar-refractivity contribution >= 4 is 34.5 Å². The Morgan fingerprint density at radius 3 is 2.39 bits per heavy atom.